The van der Waals surface area contributed by atoms with Crippen molar-refractivity contribution < 1.29 is 9.84 Å². The summed E-state index contributed by atoms with van der Waals surface area (Å²) in [6.07, 6.45) is 4.82. The predicted octanol–water partition coefficient (Wildman–Crippen LogP) is 2.77. The molecule has 0 saturated carbocycles. The highest BCUT2D eigenvalue weighted by atomic mass is 35.5. The second-order valence-corrected chi connectivity index (χ2v) is 8.82. The fraction of sp³-hybridized carbons (Fsp3) is 0.542. The lowest BCUT2D eigenvalue weighted by atomic mass is 9.87. The molecular weight excluding hydrogens is 440 g/mol. The van der Waals surface area contributed by atoms with E-state index in [1.165, 1.54) is 24.0 Å². The molecule has 3 aromatic rings. The molecule has 2 aliphatic heterocycles. The Hall–Kier alpha value is -2.26. The van der Waals surface area contributed by atoms with E-state index in [1.807, 2.05) is 16.9 Å². The van der Waals surface area contributed by atoms with Crippen LogP contribution in [0.2, 0.25) is 0 Å². The number of aromatic nitrogens is 4. The van der Waals surface area contributed by atoms with Gasteiger partial charge in [0.15, 0.2) is 5.82 Å². The second kappa shape index (κ2) is 10.3. The number of ether oxygens (including phenoxy) is 1. The Labute approximate surface area is 200 Å². The van der Waals surface area contributed by atoms with Crippen molar-refractivity contribution in [3.8, 4) is 5.82 Å². The monoisotopic (exact) mass is 472 g/mol. The third-order valence-electron chi connectivity index (χ3n) is 6.68. The maximum Gasteiger partial charge on any atom is 0.159 e. The Kier molecular flexibility index (Phi) is 7.48. The summed E-state index contributed by atoms with van der Waals surface area (Å²) < 4.78 is 7.57. The largest absolute Gasteiger partial charge is 0.394 e. The zero-order valence-corrected chi connectivity index (χ0v) is 20.1. The maximum absolute atomic E-state index is 9.53. The number of rotatable bonds is 5. The molecule has 0 bridgehead atoms. The lowest BCUT2D eigenvalue weighted by Crippen LogP contribution is -2.44. The van der Waals surface area contributed by atoms with Crippen LogP contribution in [0.25, 0.3) is 16.7 Å². The first-order chi connectivity index (χ1) is 15.7. The van der Waals surface area contributed by atoms with Crippen LogP contribution in [-0.2, 0) is 11.2 Å². The van der Waals surface area contributed by atoms with Crippen LogP contribution in [0, 0.1) is 6.92 Å². The van der Waals surface area contributed by atoms with Crippen molar-refractivity contribution in [1.82, 2.24) is 25.1 Å². The molecule has 2 fully saturated rings. The van der Waals surface area contributed by atoms with Crippen LogP contribution in [0.5, 0.6) is 0 Å². The van der Waals surface area contributed by atoms with Crippen LogP contribution >= 0.6 is 12.4 Å². The summed E-state index contributed by atoms with van der Waals surface area (Å²) in [5.41, 5.74) is 3.85. The average molecular weight is 473 g/mol. The van der Waals surface area contributed by atoms with Crippen LogP contribution in [0.3, 0.4) is 0 Å². The molecule has 0 aliphatic carbocycles. The Balaban J connectivity index is 0.00000259. The number of nitrogens with zero attached hydrogens (tertiary/aromatic N) is 5. The van der Waals surface area contributed by atoms with Gasteiger partial charge in [-0.1, -0.05) is 6.92 Å². The van der Waals surface area contributed by atoms with Crippen LogP contribution in [0.4, 0.5) is 5.82 Å². The number of nitrogens with one attached hydrogen (secondary N) is 1. The van der Waals surface area contributed by atoms with Crippen molar-refractivity contribution >= 4 is 29.1 Å². The van der Waals surface area contributed by atoms with E-state index in [-0.39, 0.29) is 25.1 Å². The molecule has 0 radical (unpaired) electrons. The summed E-state index contributed by atoms with van der Waals surface area (Å²) in [5, 5.41) is 18.8. The normalized spacial score (nSPS) is 19.6. The molecule has 2 N–H and O–H groups in total. The highest BCUT2D eigenvalue weighted by Gasteiger charge is 2.23. The number of hydrogen-bond donors (Lipinski definition) is 2. The average Bonchev–Trinajstić information content (AvgIpc) is 3.26. The van der Waals surface area contributed by atoms with Gasteiger partial charge in [0, 0.05) is 31.0 Å². The number of aliphatic hydroxyl groups excluding tert-OH is 1. The van der Waals surface area contributed by atoms with E-state index in [2.05, 4.69) is 36.2 Å². The number of morpholine rings is 1. The van der Waals surface area contributed by atoms with Gasteiger partial charge in [-0.3, -0.25) is 0 Å². The summed E-state index contributed by atoms with van der Waals surface area (Å²) in [5.74, 6) is 3.02. The third-order valence-corrected chi connectivity index (χ3v) is 6.68. The first kappa shape index (κ1) is 23.9. The Bertz CT molecular complexity index is 1100. The number of hydrogen-bond acceptors (Lipinski definition) is 7. The number of piperidine rings is 1. The molecule has 4 heterocycles. The lowest BCUT2D eigenvalue weighted by Gasteiger charge is -2.33. The second-order valence-electron chi connectivity index (χ2n) is 8.82. The number of benzene rings is 1. The molecule has 0 spiro atoms. The fourth-order valence-corrected chi connectivity index (χ4v) is 4.90. The SMILES string of the molecule is CCc1nc(N2CCOC(CO)C2)cc(-n2ncc3cc(C)c(C4CCNCC4)cc32)n1.Cl. The standard InChI is InChI=1S/C24H32N6O2.ClH/c1-3-22-27-23(29-8-9-32-19(14-29)15-31)12-24(28-22)30-21-11-20(17-4-6-25-7-5-17)16(2)10-18(21)13-26-30;/h10-13,17,19,25,31H,3-9,14-15H2,1-2H3;1H. The summed E-state index contributed by atoms with van der Waals surface area (Å²) >= 11 is 0. The minimum absolute atomic E-state index is 0. The van der Waals surface area contributed by atoms with Crippen LogP contribution in [0.15, 0.2) is 24.4 Å². The molecule has 2 aliphatic rings. The number of halogens is 1. The van der Waals surface area contributed by atoms with Gasteiger partial charge in [0.2, 0.25) is 0 Å². The van der Waals surface area contributed by atoms with Gasteiger partial charge in [-0.15, -0.1) is 12.4 Å². The predicted molar refractivity (Wildman–Crippen MR) is 132 cm³/mol. The molecule has 33 heavy (non-hydrogen) atoms. The van der Waals surface area contributed by atoms with Gasteiger partial charge in [-0.25, -0.2) is 14.6 Å². The number of anilines is 1. The van der Waals surface area contributed by atoms with Crippen LogP contribution in [-0.4, -0.2) is 70.4 Å². The van der Waals surface area contributed by atoms with Gasteiger partial charge in [0.1, 0.15) is 11.6 Å². The molecule has 5 rings (SSSR count). The molecular formula is C24H33ClN6O2. The molecule has 178 valence electrons. The van der Waals surface area contributed by atoms with Crippen molar-refractivity contribution in [1.29, 1.82) is 0 Å². The van der Waals surface area contributed by atoms with Gasteiger partial charge < -0.3 is 20.1 Å². The quantitative estimate of drug-likeness (QED) is 0.590. The third kappa shape index (κ3) is 4.84. The van der Waals surface area contributed by atoms with Gasteiger partial charge in [0.25, 0.3) is 0 Å². The molecule has 9 heteroatoms. The molecule has 1 unspecified atom stereocenters. The molecule has 0 amide bonds. The molecule has 8 nitrogen and oxygen atoms in total. The van der Waals surface area contributed by atoms with Crippen molar-refractivity contribution in [3.63, 3.8) is 0 Å². The molecule has 2 aromatic heterocycles. The minimum atomic E-state index is -0.187. The van der Waals surface area contributed by atoms with Crippen molar-refractivity contribution in [2.75, 3.05) is 44.3 Å². The van der Waals surface area contributed by atoms with Crippen LogP contribution in [0.1, 0.15) is 42.6 Å². The highest BCUT2D eigenvalue weighted by Crippen LogP contribution is 2.32. The number of fused-ring (bicyclic) bond motifs is 1. The summed E-state index contributed by atoms with van der Waals surface area (Å²) in [7, 11) is 0. The summed E-state index contributed by atoms with van der Waals surface area (Å²) in [6.45, 7) is 8.38. The van der Waals surface area contributed by atoms with Crippen molar-refractivity contribution in [3.05, 3.63) is 41.3 Å². The van der Waals surface area contributed by atoms with Crippen molar-refractivity contribution in [2.24, 2.45) is 0 Å². The van der Waals surface area contributed by atoms with E-state index >= 15 is 0 Å². The van der Waals surface area contributed by atoms with E-state index in [0.29, 0.717) is 19.1 Å². The first-order valence-corrected chi connectivity index (χ1v) is 11.7. The van der Waals surface area contributed by atoms with E-state index in [1.54, 1.807) is 0 Å². The van der Waals surface area contributed by atoms with Crippen molar-refractivity contribution in [2.45, 2.75) is 45.1 Å². The van der Waals surface area contributed by atoms with Gasteiger partial charge in [-0.2, -0.15) is 5.10 Å². The Morgan fingerprint density at radius 2 is 1.94 bits per heavy atom. The maximum atomic E-state index is 9.53. The van der Waals surface area contributed by atoms with E-state index in [4.69, 9.17) is 19.8 Å². The van der Waals surface area contributed by atoms with E-state index in [9.17, 15) is 5.11 Å². The zero-order valence-electron chi connectivity index (χ0n) is 19.3. The smallest absolute Gasteiger partial charge is 0.159 e. The summed E-state index contributed by atoms with van der Waals surface area (Å²) in [6, 6.07) is 6.58. The lowest BCUT2D eigenvalue weighted by molar-refractivity contribution is 0.00334. The van der Waals surface area contributed by atoms with Gasteiger partial charge in [-0.05, 0) is 62.0 Å². The first-order valence-electron chi connectivity index (χ1n) is 11.7. The molecule has 2 saturated heterocycles. The Morgan fingerprint density at radius 3 is 2.70 bits per heavy atom. The highest BCUT2D eigenvalue weighted by molar-refractivity contribution is 5.85. The zero-order chi connectivity index (χ0) is 22.1. The number of aryl methyl sites for hydroxylation is 2. The molecule has 1 atom stereocenters. The van der Waals surface area contributed by atoms with Gasteiger partial charge >= 0.3 is 0 Å². The topological polar surface area (TPSA) is 88.3 Å². The van der Waals surface area contributed by atoms with Gasteiger partial charge in [0.05, 0.1) is 31.0 Å². The Morgan fingerprint density at radius 1 is 1.15 bits per heavy atom. The van der Waals surface area contributed by atoms with Crippen LogP contribution < -0.4 is 10.2 Å². The van der Waals surface area contributed by atoms with E-state index < -0.39 is 0 Å². The van der Waals surface area contributed by atoms with E-state index in [0.717, 1.165) is 54.4 Å². The summed E-state index contributed by atoms with van der Waals surface area (Å²) in [4.78, 5) is 11.8. The molecule has 1 aromatic carbocycles. The fourth-order valence-electron chi connectivity index (χ4n) is 4.90. The minimum Gasteiger partial charge on any atom is -0.394 e. The number of aliphatic hydroxyl groups is 1.